The first kappa shape index (κ1) is 12.4. The maximum atomic E-state index is 9.13. The fourth-order valence-electron chi connectivity index (χ4n) is 2.31. The molecule has 1 aliphatic rings. The van der Waals surface area contributed by atoms with Crippen LogP contribution in [0.5, 0.6) is 0 Å². The molecule has 92 valence electrons. The number of anilines is 1. The van der Waals surface area contributed by atoms with Crippen molar-refractivity contribution < 1.29 is 0 Å². The molecule has 2 rings (SSSR count). The van der Waals surface area contributed by atoms with Crippen LogP contribution in [-0.2, 0) is 0 Å². The highest BCUT2D eigenvalue weighted by atomic mass is 15.2. The van der Waals surface area contributed by atoms with Crippen LogP contribution in [0.1, 0.15) is 12.0 Å². The summed E-state index contributed by atoms with van der Waals surface area (Å²) >= 11 is 0. The third-order valence-electron chi connectivity index (χ3n) is 3.25. The molecule has 1 aromatic rings. The van der Waals surface area contributed by atoms with E-state index in [0.29, 0.717) is 6.54 Å². The molecule has 0 aromatic heterocycles. The van der Waals surface area contributed by atoms with E-state index in [9.17, 15) is 0 Å². The number of rotatable bonds is 2. The van der Waals surface area contributed by atoms with Gasteiger partial charge in [-0.25, -0.2) is 0 Å². The molecule has 4 nitrogen and oxygen atoms in total. The summed E-state index contributed by atoms with van der Waals surface area (Å²) in [7, 11) is 0. The van der Waals surface area contributed by atoms with E-state index in [1.54, 1.807) is 0 Å². The van der Waals surface area contributed by atoms with Crippen molar-refractivity contribution in [2.45, 2.75) is 6.42 Å². The Bertz CT molecular complexity index is 483. The molecule has 1 saturated heterocycles. The van der Waals surface area contributed by atoms with Crippen LogP contribution in [0.4, 0.5) is 5.69 Å². The van der Waals surface area contributed by atoms with Crippen molar-refractivity contribution >= 4 is 5.69 Å². The lowest BCUT2D eigenvalue weighted by molar-refractivity contribution is 0.329. The third kappa shape index (κ3) is 2.80. The topological polar surface area (TPSA) is 54.1 Å². The summed E-state index contributed by atoms with van der Waals surface area (Å²) in [5.41, 5.74) is 1.74. The van der Waals surface area contributed by atoms with Gasteiger partial charge in [-0.1, -0.05) is 12.1 Å². The molecule has 0 saturated carbocycles. The van der Waals surface area contributed by atoms with Crippen LogP contribution in [0.25, 0.3) is 0 Å². The van der Waals surface area contributed by atoms with Gasteiger partial charge in [-0.2, -0.15) is 10.5 Å². The molecule has 0 aliphatic carbocycles. The minimum atomic E-state index is 0.494. The van der Waals surface area contributed by atoms with Crippen molar-refractivity contribution in [2.75, 3.05) is 37.6 Å². The zero-order chi connectivity index (χ0) is 12.8. The fraction of sp³-hybridized carbons (Fsp3) is 0.429. The smallest absolute Gasteiger partial charge is 0.101 e. The van der Waals surface area contributed by atoms with Gasteiger partial charge in [0.2, 0.25) is 0 Å². The minimum Gasteiger partial charge on any atom is -0.369 e. The quantitative estimate of drug-likeness (QED) is 0.737. The maximum absolute atomic E-state index is 9.13. The molecule has 0 N–H and O–H groups in total. The summed E-state index contributed by atoms with van der Waals surface area (Å²) in [6.45, 7) is 4.15. The highest BCUT2D eigenvalue weighted by molar-refractivity contribution is 5.59. The molecule has 0 bridgehead atoms. The Morgan fingerprint density at radius 2 is 1.89 bits per heavy atom. The molecule has 18 heavy (non-hydrogen) atoms. The average Bonchev–Trinajstić information content (AvgIpc) is 2.65. The van der Waals surface area contributed by atoms with Gasteiger partial charge in [0.25, 0.3) is 0 Å². The molecule has 0 unspecified atom stereocenters. The standard InChI is InChI=1S/C14H16N4/c15-6-9-17-7-3-8-18(11-10-17)14-5-2-1-4-13(14)12-16/h1-2,4-5H,3,7-11H2. The molecule has 0 spiro atoms. The Morgan fingerprint density at radius 1 is 1.06 bits per heavy atom. The van der Waals surface area contributed by atoms with Crippen molar-refractivity contribution in [3.63, 3.8) is 0 Å². The molecule has 0 amide bonds. The van der Waals surface area contributed by atoms with Gasteiger partial charge >= 0.3 is 0 Å². The normalized spacial score (nSPS) is 16.7. The largest absolute Gasteiger partial charge is 0.369 e. The SMILES string of the molecule is N#CCN1CCCN(c2ccccc2C#N)CC1. The van der Waals surface area contributed by atoms with E-state index in [2.05, 4.69) is 21.9 Å². The number of nitriles is 2. The second kappa shape index (κ2) is 6.05. The van der Waals surface area contributed by atoms with E-state index in [1.165, 1.54) is 0 Å². The summed E-state index contributed by atoms with van der Waals surface area (Å²) in [5, 5.41) is 17.9. The zero-order valence-electron chi connectivity index (χ0n) is 10.3. The van der Waals surface area contributed by atoms with Crippen LogP contribution in [-0.4, -0.2) is 37.6 Å². The molecule has 1 aromatic carbocycles. The van der Waals surface area contributed by atoms with Gasteiger partial charge in [0.1, 0.15) is 6.07 Å². The van der Waals surface area contributed by atoms with E-state index in [1.807, 2.05) is 24.3 Å². The Labute approximate surface area is 108 Å². The van der Waals surface area contributed by atoms with Crippen molar-refractivity contribution in [3.05, 3.63) is 29.8 Å². The number of hydrogen-bond donors (Lipinski definition) is 0. The summed E-state index contributed by atoms with van der Waals surface area (Å²) in [5.74, 6) is 0. The van der Waals surface area contributed by atoms with Crippen molar-refractivity contribution in [2.24, 2.45) is 0 Å². The molecule has 4 heteroatoms. The van der Waals surface area contributed by atoms with Crippen molar-refractivity contribution in [3.8, 4) is 12.1 Å². The molecule has 0 radical (unpaired) electrons. The van der Waals surface area contributed by atoms with E-state index < -0.39 is 0 Å². The monoisotopic (exact) mass is 240 g/mol. The third-order valence-corrected chi connectivity index (χ3v) is 3.25. The lowest BCUT2D eigenvalue weighted by Gasteiger charge is -2.23. The summed E-state index contributed by atoms with van der Waals surface area (Å²) < 4.78 is 0. The van der Waals surface area contributed by atoms with Crippen molar-refractivity contribution in [1.29, 1.82) is 10.5 Å². The zero-order valence-corrected chi connectivity index (χ0v) is 10.3. The summed E-state index contributed by atoms with van der Waals surface area (Å²) in [4.78, 5) is 4.41. The van der Waals surface area contributed by atoms with Gasteiger partial charge in [-0.05, 0) is 18.6 Å². The summed E-state index contributed by atoms with van der Waals surface area (Å²) in [6, 6.07) is 12.1. The van der Waals surface area contributed by atoms with Gasteiger partial charge in [-0.15, -0.1) is 0 Å². The first-order valence-electron chi connectivity index (χ1n) is 6.18. The van der Waals surface area contributed by atoms with E-state index in [-0.39, 0.29) is 0 Å². The first-order valence-corrected chi connectivity index (χ1v) is 6.18. The molecule has 1 heterocycles. The lowest BCUT2D eigenvalue weighted by Crippen LogP contribution is -2.31. The Balaban J connectivity index is 2.11. The Kier molecular flexibility index (Phi) is 4.17. The fourth-order valence-corrected chi connectivity index (χ4v) is 2.31. The molecule has 1 fully saturated rings. The van der Waals surface area contributed by atoms with E-state index >= 15 is 0 Å². The van der Waals surface area contributed by atoms with Crippen LogP contribution in [0.15, 0.2) is 24.3 Å². The van der Waals surface area contributed by atoms with E-state index in [0.717, 1.165) is 43.9 Å². The Hall–Kier alpha value is -2.04. The highest BCUT2D eigenvalue weighted by Crippen LogP contribution is 2.20. The van der Waals surface area contributed by atoms with Gasteiger partial charge in [-0.3, -0.25) is 4.90 Å². The van der Waals surface area contributed by atoms with Crippen LogP contribution in [0.3, 0.4) is 0 Å². The van der Waals surface area contributed by atoms with Gasteiger partial charge in [0.05, 0.1) is 23.9 Å². The molecular weight excluding hydrogens is 224 g/mol. The molecule has 0 atom stereocenters. The van der Waals surface area contributed by atoms with Gasteiger partial charge in [0.15, 0.2) is 0 Å². The highest BCUT2D eigenvalue weighted by Gasteiger charge is 2.16. The first-order chi connectivity index (χ1) is 8.85. The predicted molar refractivity (Wildman–Crippen MR) is 70.0 cm³/mol. The summed E-state index contributed by atoms with van der Waals surface area (Å²) in [6.07, 6.45) is 1.03. The minimum absolute atomic E-state index is 0.494. The molecular formula is C14H16N4. The van der Waals surface area contributed by atoms with Gasteiger partial charge in [0, 0.05) is 26.2 Å². The van der Waals surface area contributed by atoms with Crippen LogP contribution in [0, 0.1) is 22.7 Å². The maximum Gasteiger partial charge on any atom is 0.101 e. The van der Waals surface area contributed by atoms with Gasteiger partial charge < -0.3 is 4.90 Å². The predicted octanol–water partition coefficient (Wildman–Crippen LogP) is 1.59. The second-order valence-electron chi connectivity index (χ2n) is 4.40. The lowest BCUT2D eigenvalue weighted by atomic mass is 10.1. The number of benzene rings is 1. The number of hydrogen-bond acceptors (Lipinski definition) is 4. The van der Waals surface area contributed by atoms with Crippen LogP contribution in [0.2, 0.25) is 0 Å². The van der Waals surface area contributed by atoms with Crippen LogP contribution >= 0.6 is 0 Å². The second-order valence-corrected chi connectivity index (χ2v) is 4.40. The Morgan fingerprint density at radius 3 is 2.67 bits per heavy atom. The molecule has 1 aliphatic heterocycles. The van der Waals surface area contributed by atoms with E-state index in [4.69, 9.17) is 10.5 Å². The number of para-hydroxylation sites is 1. The average molecular weight is 240 g/mol. The number of nitrogens with zero attached hydrogens (tertiary/aromatic N) is 4. The van der Waals surface area contributed by atoms with Crippen molar-refractivity contribution in [1.82, 2.24) is 4.90 Å². The van der Waals surface area contributed by atoms with Crippen LogP contribution < -0.4 is 4.90 Å².